The second kappa shape index (κ2) is 11.0. The molecule has 1 aliphatic rings. The molecule has 0 fully saturated rings. The SMILES string of the molecule is C[C@](O)(CNC(=O)c1cc(Nc2cncnc2)c2ncccc2c1)c1cc2c(c(-c3ccc(F)cc3)n1)OC[C@]2(C)C(N)=O. The maximum atomic E-state index is 13.7. The summed E-state index contributed by atoms with van der Waals surface area (Å²) in [5.74, 6) is -1.16. The third-order valence-electron chi connectivity index (χ3n) is 7.69. The number of nitrogens with one attached hydrogen (secondary N) is 2. The molecule has 4 heterocycles. The molecule has 1 aliphatic heterocycles. The van der Waals surface area contributed by atoms with Crippen LogP contribution in [0.3, 0.4) is 0 Å². The molecule has 2 amide bonds. The zero-order chi connectivity index (χ0) is 31.1. The van der Waals surface area contributed by atoms with Crippen LogP contribution in [0.15, 0.2) is 79.5 Å². The maximum Gasteiger partial charge on any atom is 0.251 e. The van der Waals surface area contributed by atoms with E-state index in [0.29, 0.717) is 45.0 Å². The lowest BCUT2D eigenvalue weighted by Crippen LogP contribution is -2.41. The number of hydrogen-bond acceptors (Lipinski definition) is 9. The van der Waals surface area contributed by atoms with Crippen molar-refractivity contribution in [3.05, 3.63) is 102 Å². The highest BCUT2D eigenvalue weighted by Gasteiger charge is 2.45. The molecule has 222 valence electrons. The number of hydrogen-bond donors (Lipinski definition) is 4. The average molecular weight is 594 g/mol. The van der Waals surface area contributed by atoms with Gasteiger partial charge < -0.3 is 26.2 Å². The summed E-state index contributed by atoms with van der Waals surface area (Å²) in [7, 11) is 0. The van der Waals surface area contributed by atoms with Crippen molar-refractivity contribution in [1.82, 2.24) is 25.3 Å². The van der Waals surface area contributed by atoms with E-state index in [0.717, 1.165) is 5.39 Å². The van der Waals surface area contributed by atoms with E-state index in [1.165, 1.54) is 37.5 Å². The van der Waals surface area contributed by atoms with E-state index in [1.807, 2.05) is 6.07 Å². The molecule has 2 atom stereocenters. The number of primary amides is 1. The summed E-state index contributed by atoms with van der Waals surface area (Å²) in [6.45, 7) is 2.91. The van der Waals surface area contributed by atoms with Crippen molar-refractivity contribution in [2.45, 2.75) is 24.9 Å². The van der Waals surface area contributed by atoms with Gasteiger partial charge >= 0.3 is 0 Å². The van der Waals surface area contributed by atoms with Gasteiger partial charge in [-0.05, 0) is 62.4 Å². The third kappa shape index (κ3) is 5.26. The second-order valence-electron chi connectivity index (χ2n) is 11.0. The number of carbonyl (C=O) groups is 2. The number of rotatable bonds is 8. The quantitative estimate of drug-likeness (QED) is 0.210. The van der Waals surface area contributed by atoms with Crippen molar-refractivity contribution in [2.24, 2.45) is 5.73 Å². The van der Waals surface area contributed by atoms with Crippen LogP contribution in [0.2, 0.25) is 0 Å². The molecular weight excluding hydrogens is 565 g/mol. The van der Waals surface area contributed by atoms with Gasteiger partial charge in [0, 0.05) is 28.3 Å². The Balaban J connectivity index is 1.32. The fourth-order valence-corrected chi connectivity index (χ4v) is 5.05. The summed E-state index contributed by atoms with van der Waals surface area (Å²) in [4.78, 5) is 43.1. The summed E-state index contributed by atoms with van der Waals surface area (Å²) in [6, 6.07) is 14.2. The topological polar surface area (TPSA) is 165 Å². The maximum absolute atomic E-state index is 13.7. The predicted molar refractivity (Wildman–Crippen MR) is 161 cm³/mol. The molecule has 3 aromatic heterocycles. The number of fused-ring (bicyclic) bond motifs is 2. The standard InChI is InChI=1S/C32H28FN7O4/c1-31(30(34)42)16-44-28-23(31)12-25(40-27(28)18-5-7-21(33)8-6-18)32(2,43)15-38-29(41)20-10-19-4-3-9-37-26(19)24(11-20)39-22-13-35-17-36-14-22/h3-14,17,39,43H,15-16H2,1-2H3,(H2,34,42)(H,38,41)/t31-,32-/m0/s1. The highest BCUT2D eigenvalue weighted by Crippen LogP contribution is 2.45. The third-order valence-corrected chi connectivity index (χ3v) is 7.69. The number of carbonyl (C=O) groups excluding carboxylic acids is 2. The largest absolute Gasteiger partial charge is 0.489 e. The summed E-state index contributed by atoms with van der Waals surface area (Å²) >= 11 is 0. The zero-order valence-corrected chi connectivity index (χ0v) is 23.8. The van der Waals surface area contributed by atoms with Crippen molar-refractivity contribution >= 4 is 34.1 Å². The molecule has 2 aromatic carbocycles. The number of ether oxygens (including phenoxy) is 1. The van der Waals surface area contributed by atoms with Gasteiger partial charge in [0.15, 0.2) is 0 Å². The van der Waals surface area contributed by atoms with Crippen LogP contribution in [-0.2, 0) is 15.8 Å². The first kappa shape index (κ1) is 28.6. The number of amides is 2. The minimum atomic E-state index is -1.69. The number of aromatic nitrogens is 4. The highest BCUT2D eigenvalue weighted by atomic mass is 19.1. The van der Waals surface area contributed by atoms with E-state index < -0.39 is 28.6 Å². The first-order valence-electron chi connectivity index (χ1n) is 13.7. The highest BCUT2D eigenvalue weighted by molar-refractivity contribution is 6.02. The lowest BCUT2D eigenvalue weighted by atomic mass is 9.82. The summed E-state index contributed by atoms with van der Waals surface area (Å²) in [6.07, 6.45) is 6.27. The summed E-state index contributed by atoms with van der Waals surface area (Å²) in [5.41, 5.74) is 6.49. The van der Waals surface area contributed by atoms with Gasteiger partial charge in [-0.2, -0.15) is 0 Å². The molecule has 11 nitrogen and oxygen atoms in total. The number of halogens is 1. The van der Waals surface area contributed by atoms with Crippen LogP contribution in [0.5, 0.6) is 5.75 Å². The van der Waals surface area contributed by atoms with Gasteiger partial charge in [-0.1, -0.05) is 6.07 Å². The Bertz CT molecular complexity index is 1900. The molecular formula is C32H28FN7O4. The van der Waals surface area contributed by atoms with Gasteiger partial charge in [-0.25, -0.2) is 19.3 Å². The normalized spacial score (nSPS) is 16.9. The number of benzene rings is 2. The van der Waals surface area contributed by atoms with Crippen LogP contribution < -0.4 is 21.1 Å². The van der Waals surface area contributed by atoms with Crippen molar-refractivity contribution in [2.75, 3.05) is 18.5 Å². The van der Waals surface area contributed by atoms with Crippen molar-refractivity contribution in [1.29, 1.82) is 0 Å². The Morgan fingerprint density at radius 1 is 1.14 bits per heavy atom. The fourth-order valence-electron chi connectivity index (χ4n) is 5.05. The van der Waals surface area contributed by atoms with Gasteiger partial charge in [0.05, 0.1) is 41.5 Å². The number of nitrogens with two attached hydrogens (primary N) is 1. The van der Waals surface area contributed by atoms with Crippen LogP contribution >= 0.6 is 0 Å². The van der Waals surface area contributed by atoms with Gasteiger partial charge in [0.2, 0.25) is 5.91 Å². The lowest BCUT2D eigenvalue weighted by molar-refractivity contribution is -0.123. The van der Waals surface area contributed by atoms with E-state index in [9.17, 15) is 19.1 Å². The molecule has 5 aromatic rings. The van der Waals surface area contributed by atoms with E-state index in [-0.39, 0.29) is 18.8 Å². The van der Waals surface area contributed by atoms with Gasteiger partial charge in [0.25, 0.3) is 5.91 Å². The fraction of sp³-hybridized carbons (Fsp3) is 0.188. The van der Waals surface area contributed by atoms with Crippen LogP contribution in [0.25, 0.3) is 22.2 Å². The monoisotopic (exact) mass is 593 g/mol. The molecule has 0 radical (unpaired) electrons. The number of pyridine rings is 2. The molecule has 0 unspecified atom stereocenters. The molecule has 44 heavy (non-hydrogen) atoms. The van der Waals surface area contributed by atoms with Gasteiger partial charge in [-0.3, -0.25) is 14.6 Å². The Kier molecular flexibility index (Phi) is 7.14. The minimum absolute atomic E-state index is 0.0157. The molecule has 0 spiro atoms. The number of aliphatic hydroxyl groups is 1. The van der Waals surface area contributed by atoms with Crippen molar-refractivity contribution in [3.8, 4) is 17.0 Å². The molecule has 6 rings (SSSR count). The molecule has 0 saturated carbocycles. The Hall–Kier alpha value is -5.49. The molecule has 0 aliphatic carbocycles. The van der Waals surface area contributed by atoms with Crippen LogP contribution in [0, 0.1) is 5.82 Å². The first-order chi connectivity index (χ1) is 21.0. The number of anilines is 2. The van der Waals surface area contributed by atoms with Crippen molar-refractivity contribution in [3.63, 3.8) is 0 Å². The average Bonchev–Trinajstić information content (AvgIpc) is 3.38. The first-order valence-corrected chi connectivity index (χ1v) is 13.7. The Morgan fingerprint density at radius 2 is 1.89 bits per heavy atom. The van der Waals surface area contributed by atoms with Gasteiger partial charge in [-0.15, -0.1) is 0 Å². The Labute approximate surface area is 251 Å². The molecule has 0 saturated heterocycles. The van der Waals surface area contributed by atoms with Gasteiger partial charge in [0.1, 0.15) is 41.2 Å². The van der Waals surface area contributed by atoms with Crippen molar-refractivity contribution < 1.29 is 23.8 Å². The molecule has 5 N–H and O–H groups in total. The van der Waals surface area contributed by atoms with E-state index in [1.54, 1.807) is 49.8 Å². The van der Waals surface area contributed by atoms with Crippen LogP contribution in [0.4, 0.5) is 15.8 Å². The van der Waals surface area contributed by atoms with E-state index in [4.69, 9.17) is 10.5 Å². The van der Waals surface area contributed by atoms with Crippen LogP contribution in [0.1, 0.15) is 35.5 Å². The smallest absolute Gasteiger partial charge is 0.251 e. The zero-order valence-electron chi connectivity index (χ0n) is 23.8. The van der Waals surface area contributed by atoms with Crippen LogP contribution in [-0.4, -0.2) is 50.0 Å². The second-order valence-corrected chi connectivity index (χ2v) is 11.0. The number of nitrogens with zero attached hydrogens (tertiary/aromatic N) is 4. The predicted octanol–water partition coefficient (Wildman–Crippen LogP) is 3.74. The Morgan fingerprint density at radius 3 is 2.61 bits per heavy atom. The molecule has 12 heteroatoms. The van der Waals surface area contributed by atoms with E-state index >= 15 is 0 Å². The summed E-state index contributed by atoms with van der Waals surface area (Å²) in [5, 5.41) is 18.4. The minimum Gasteiger partial charge on any atom is -0.489 e. The van der Waals surface area contributed by atoms with E-state index in [2.05, 4.69) is 30.6 Å². The lowest BCUT2D eigenvalue weighted by Gasteiger charge is -2.26. The molecule has 0 bridgehead atoms. The summed E-state index contributed by atoms with van der Waals surface area (Å²) < 4.78 is 19.6.